The zero-order valence-corrected chi connectivity index (χ0v) is 21.9. The molecule has 1 fully saturated rings. The number of morpholine rings is 1. The summed E-state index contributed by atoms with van der Waals surface area (Å²) < 4.78 is 16.7. The van der Waals surface area contributed by atoms with Crippen LogP contribution < -0.4 is 9.47 Å². The molecule has 196 valence electrons. The largest absolute Gasteiger partial charge is 0.489 e. The Labute approximate surface area is 224 Å². The standard InChI is InChI=1S/C32H33NO5/c1-24-5-9-27(10-6-24)30(15-19-37-29-13-14-31(25(2)22-29)38-23-32(34)35)28-11-7-26(8-12-28)4-3-16-33-17-20-36-21-18-33/h5-15,22H,16-21,23H2,1-2H3,(H,34,35). The third kappa shape index (κ3) is 7.97. The number of hydrogen-bond acceptors (Lipinski definition) is 5. The van der Waals surface area contributed by atoms with Gasteiger partial charge >= 0.3 is 5.97 Å². The minimum atomic E-state index is -1.01. The van der Waals surface area contributed by atoms with Crippen molar-refractivity contribution in [2.45, 2.75) is 13.8 Å². The average Bonchev–Trinajstić information content (AvgIpc) is 2.92. The lowest BCUT2D eigenvalue weighted by Gasteiger charge is -2.24. The van der Waals surface area contributed by atoms with Crippen molar-refractivity contribution in [1.29, 1.82) is 0 Å². The van der Waals surface area contributed by atoms with Crippen LogP contribution in [0.3, 0.4) is 0 Å². The molecule has 1 saturated heterocycles. The maximum absolute atomic E-state index is 10.8. The Bertz CT molecular complexity index is 1310. The first-order valence-electron chi connectivity index (χ1n) is 12.7. The lowest BCUT2D eigenvalue weighted by molar-refractivity contribution is -0.139. The summed E-state index contributed by atoms with van der Waals surface area (Å²) in [6.45, 7) is 8.12. The SMILES string of the molecule is Cc1ccc(C(=CCOc2ccc(OCC(=O)O)c(C)c2)c2ccc(C#CCN3CCOCC3)cc2)cc1. The van der Waals surface area contributed by atoms with Crippen molar-refractivity contribution in [3.05, 3.63) is 101 Å². The summed E-state index contributed by atoms with van der Waals surface area (Å²) in [7, 11) is 0. The zero-order valence-electron chi connectivity index (χ0n) is 21.9. The van der Waals surface area contributed by atoms with E-state index in [0.717, 1.165) is 60.7 Å². The van der Waals surface area contributed by atoms with Crippen molar-refractivity contribution in [3.8, 4) is 23.3 Å². The maximum Gasteiger partial charge on any atom is 0.341 e. The van der Waals surface area contributed by atoms with Crippen LogP contribution in [0.2, 0.25) is 0 Å². The number of rotatable bonds is 9. The van der Waals surface area contributed by atoms with Gasteiger partial charge < -0.3 is 19.3 Å². The molecule has 0 spiro atoms. The van der Waals surface area contributed by atoms with Gasteiger partial charge in [0.05, 0.1) is 19.8 Å². The molecule has 38 heavy (non-hydrogen) atoms. The molecule has 0 aliphatic carbocycles. The van der Waals surface area contributed by atoms with Gasteiger partial charge in [-0.3, -0.25) is 4.90 Å². The molecule has 3 aromatic rings. The van der Waals surface area contributed by atoms with E-state index in [2.05, 4.69) is 78.3 Å². The van der Waals surface area contributed by atoms with E-state index in [4.69, 9.17) is 19.3 Å². The second-order valence-electron chi connectivity index (χ2n) is 9.17. The van der Waals surface area contributed by atoms with Crippen molar-refractivity contribution in [2.24, 2.45) is 0 Å². The number of aryl methyl sites for hydroxylation is 2. The van der Waals surface area contributed by atoms with Crippen LogP contribution in [0, 0.1) is 25.7 Å². The topological polar surface area (TPSA) is 68.2 Å². The molecule has 0 bridgehead atoms. The fourth-order valence-corrected chi connectivity index (χ4v) is 4.12. The van der Waals surface area contributed by atoms with E-state index in [9.17, 15) is 4.79 Å². The number of aliphatic carboxylic acids is 1. The predicted octanol–water partition coefficient (Wildman–Crippen LogP) is 4.96. The van der Waals surface area contributed by atoms with Crippen molar-refractivity contribution >= 4 is 11.5 Å². The van der Waals surface area contributed by atoms with Gasteiger partial charge in [0.25, 0.3) is 0 Å². The van der Waals surface area contributed by atoms with Crippen molar-refractivity contribution in [2.75, 3.05) is 46.1 Å². The number of carboxylic acids is 1. The fraction of sp³-hybridized carbons (Fsp3) is 0.281. The van der Waals surface area contributed by atoms with Gasteiger partial charge in [-0.2, -0.15) is 0 Å². The van der Waals surface area contributed by atoms with E-state index in [-0.39, 0.29) is 6.61 Å². The van der Waals surface area contributed by atoms with Crippen LogP contribution in [0.4, 0.5) is 0 Å². The van der Waals surface area contributed by atoms with Crippen molar-refractivity contribution in [1.82, 2.24) is 4.90 Å². The lowest BCUT2D eigenvalue weighted by atomic mass is 9.96. The van der Waals surface area contributed by atoms with Gasteiger partial charge in [0.15, 0.2) is 6.61 Å². The van der Waals surface area contributed by atoms with Crippen LogP contribution in [-0.2, 0) is 9.53 Å². The lowest BCUT2D eigenvalue weighted by Crippen LogP contribution is -2.36. The number of carboxylic acid groups (broad SMARTS) is 1. The van der Waals surface area contributed by atoms with Gasteiger partial charge in [-0.1, -0.05) is 53.8 Å². The van der Waals surface area contributed by atoms with Gasteiger partial charge in [0.1, 0.15) is 18.1 Å². The molecule has 0 atom stereocenters. The molecule has 1 aliphatic rings. The van der Waals surface area contributed by atoms with E-state index in [1.54, 1.807) is 12.1 Å². The molecule has 3 aromatic carbocycles. The normalized spacial score (nSPS) is 13.9. The molecule has 0 radical (unpaired) electrons. The molecule has 4 rings (SSSR count). The molecule has 0 amide bonds. The van der Waals surface area contributed by atoms with E-state index in [1.165, 1.54) is 5.56 Å². The summed E-state index contributed by atoms with van der Waals surface area (Å²) in [6, 6.07) is 22.1. The second-order valence-corrected chi connectivity index (χ2v) is 9.17. The Balaban J connectivity index is 1.46. The Kier molecular flexibility index (Phi) is 9.58. The first kappa shape index (κ1) is 27.0. The van der Waals surface area contributed by atoms with Crippen molar-refractivity contribution in [3.63, 3.8) is 0 Å². The molecule has 0 aromatic heterocycles. The highest BCUT2D eigenvalue weighted by molar-refractivity contribution is 5.80. The summed E-state index contributed by atoms with van der Waals surface area (Å²) in [5.41, 5.74) is 6.29. The number of benzene rings is 3. The summed E-state index contributed by atoms with van der Waals surface area (Å²) in [5.74, 6) is 6.77. The van der Waals surface area contributed by atoms with Crippen LogP contribution in [0.25, 0.3) is 5.57 Å². The molecule has 1 aliphatic heterocycles. The Morgan fingerprint density at radius 1 is 0.974 bits per heavy atom. The Morgan fingerprint density at radius 2 is 1.66 bits per heavy atom. The minimum absolute atomic E-state index is 0.373. The Hall–Kier alpha value is -4.05. The van der Waals surface area contributed by atoms with Gasteiger partial charge in [-0.15, -0.1) is 0 Å². The zero-order chi connectivity index (χ0) is 26.7. The molecule has 0 unspecified atom stereocenters. The first-order valence-corrected chi connectivity index (χ1v) is 12.7. The molecule has 6 heteroatoms. The number of hydrogen-bond donors (Lipinski definition) is 1. The highest BCUT2D eigenvalue weighted by atomic mass is 16.5. The summed E-state index contributed by atoms with van der Waals surface area (Å²) >= 11 is 0. The molecule has 6 nitrogen and oxygen atoms in total. The van der Waals surface area contributed by atoms with Crippen LogP contribution >= 0.6 is 0 Å². The summed E-state index contributed by atoms with van der Waals surface area (Å²) in [4.78, 5) is 13.1. The first-order chi connectivity index (χ1) is 18.5. The van der Waals surface area contributed by atoms with E-state index < -0.39 is 5.97 Å². The molecule has 0 saturated carbocycles. The number of ether oxygens (including phenoxy) is 3. The predicted molar refractivity (Wildman–Crippen MR) is 149 cm³/mol. The molecule has 1 N–H and O–H groups in total. The fourth-order valence-electron chi connectivity index (χ4n) is 4.12. The van der Waals surface area contributed by atoms with Gasteiger partial charge in [-0.25, -0.2) is 4.79 Å². The van der Waals surface area contributed by atoms with Gasteiger partial charge in [-0.05, 0) is 72.5 Å². The van der Waals surface area contributed by atoms with E-state index in [1.807, 2.05) is 13.0 Å². The third-order valence-corrected chi connectivity index (χ3v) is 6.23. The molecule has 1 heterocycles. The minimum Gasteiger partial charge on any atom is -0.489 e. The number of nitrogens with zero attached hydrogens (tertiary/aromatic N) is 1. The third-order valence-electron chi connectivity index (χ3n) is 6.23. The highest BCUT2D eigenvalue weighted by Crippen LogP contribution is 2.26. The molecular formula is C32H33NO5. The van der Waals surface area contributed by atoms with Crippen molar-refractivity contribution < 1.29 is 24.1 Å². The smallest absolute Gasteiger partial charge is 0.341 e. The molecular weight excluding hydrogens is 478 g/mol. The van der Waals surface area contributed by atoms with Crippen LogP contribution in [0.15, 0.2) is 72.8 Å². The monoisotopic (exact) mass is 511 g/mol. The van der Waals surface area contributed by atoms with E-state index in [0.29, 0.717) is 18.1 Å². The van der Waals surface area contributed by atoms with Crippen LogP contribution in [0.5, 0.6) is 11.5 Å². The maximum atomic E-state index is 10.8. The summed E-state index contributed by atoms with van der Waals surface area (Å²) in [6.07, 6.45) is 2.08. The van der Waals surface area contributed by atoms with Gasteiger partial charge in [0, 0.05) is 18.7 Å². The quantitative estimate of drug-likeness (QED) is 0.410. The summed E-state index contributed by atoms with van der Waals surface area (Å²) in [5, 5.41) is 8.83. The van der Waals surface area contributed by atoms with Crippen LogP contribution in [-0.4, -0.2) is 62.0 Å². The highest BCUT2D eigenvalue weighted by Gasteiger charge is 2.09. The number of carbonyl (C=O) groups is 1. The Morgan fingerprint density at radius 3 is 2.32 bits per heavy atom. The van der Waals surface area contributed by atoms with Crippen LogP contribution in [0.1, 0.15) is 27.8 Å². The van der Waals surface area contributed by atoms with Gasteiger partial charge in [0.2, 0.25) is 0 Å². The van der Waals surface area contributed by atoms with E-state index >= 15 is 0 Å². The second kappa shape index (κ2) is 13.5. The average molecular weight is 512 g/mol.